The number of hydrogen-bond donors (Lipinski definition) is 2. The number of furan rings is 1. The number of phenols is 1. The second-order valence-electron chi connectivity index (χ2n) is 2.76. The van der Waals surface area contributed by atoms with E-state index >= 15 is 0 Å². The van der Waals surface area contributed by atoms with E-state index in [9.17, 15) is 10.2 Å². The fourth-order valence-corrected chi connectivity index (χ4v) is 1.16. The second kappa shape index (κ2) is 2.17. The summed E-state index contributed by atoms with van der Waals surface area (Å²) >= 11 is 0. The first kappa shape index (κ1) is 7.03. The monoisotopic (exact) mass is 164 g/mol. The van der Waals surface area contributed by atoms with Gasteiger partial charge in [0, 0.05) is 6.07 Å². The summed E-state index contributed by atoms with van der Waals surface area (Å²) in [5, 5.41) is 19.2. The first-order chi connectivity index (χ1) is 5.68. The highest BCUT2D eigenvalue weighted by atomic mass is 16.4. The van der Waals surface area contributed by atoms with Gasteiger partial charge in [0.25, 0.3) is 0 Å². The lowest BCUT2D eigenvalue weighted by Gasteiger charge is -1.96. The van der Waals surface area contributed by atoms with E-state index in [1.807, 2.05) is 0 Å². The molecule has 0 aliphatic rings. The Hall–Kier alpha value is -1.64. The van der Waals surface area contributed by atoms with E-state index in [4.69, 9.17) is 4.42 Å². The lowest BCUT2D eigenvalue weighted by Crippen LogP contribution is -1.73. The van der Waals surface area contributed by atoms with Gasteiger partial charge in [-0.1, -0.05) is 0 Å². The van der Waals surface area contributed by atoms with Crippen LogP contribution >= 0.6 is 0 Å². The Morgan fingerprint density at radius 1 is 1.17 bits per heavy atom. The van der Waals surface area contributed by atoms with Crippen LogP contribution in [0.2, 0.25) is 0 Å². The van der Waals surface area contributed by atoms with Crippen LogP contribution in [-0.2, 0) is 0 Å². The minimum absolute atomic E-state index is 0.105. The molecule has 0 fully saturated rings. The molecule has 0 atom stereocenters. The zero-order valence-electron chi connectivity index (χ0n) is 6.53. The van der Waals surface area contributed by atoms with Gasteiger partial charge >= 0.3 is 0 Å². The van der Waals surface area contributed by atoms with Crippen LogP contribution in [0.25, 0.3) is 11.0 Å². The first-order valence-corrected chi connectivity index (χ1v) is 3.58. The summed E-state index contributed by atoms with van der Waals surface area (Å²) in [7, 11) is 0. The Bertz CT molecular complexity index is 429. The van der Waals surface area contributed by atoms with Crippen molar-refractivity contribution in [3.63, 3.8) is 0 Å². The van der Waals surface area contributed by atoms with Crippen molar-refractivity contribution in [1.82, 2.24) is 0 Å². The zero-order valence-corrected chi connectivity index (χ0v) is 6.53. The number of fused-ring (bicyclic) bond motifs is 1. The summed E-state index contributed by atoms with van der Waals surface area (Å²) in [6.45, 7) is 1.77. The third kappa shape index (κ3) is 0.830. The molecular formula is C9H8O3. The third-order valence-corrected chi connectivity index (χ3v) is 1.87. The largest absolute Gasteiger partial charge is 0.508 e. The molecule has 62 valence electrons. The predicted octanol–water partition coefficient (Wildman–Crippen LogP) is 2.15. The maximum absolute atomic E-state index is 9.28. The Morgan fingerprint density at radius 2 is 1.92 bits per heavy atom. The molecule has 1 aromatic heterocycles. The quantitative estimate of drug-likeness (QED) is 0.627. The Labute approximate surface area is 68.9 Å². The van der Waals surface area contributed by atoms with Gasteiger partial charge in [-0.15, -0.1) is 0 Å². The molecule has 0 spiro atoms. The minimum atomic E-state index is 0.105. The highest BCUT2D eigenvalue weighted by Gasteiger charge is 2.06. The molecule has 1 aromatic carbocycles. The highest BCUT2D eigenvalue weighted by Crippen LogP contribution is 2.31. The fraction of sp³-hybridized carbons (Fsp3) is 0.111. The van der Waals surface area contributed by atoms with Crippen molar-refractivity contribution in [3.05, 3.63) is 24.0 Å². The number of hydrogen-bond acceptors (Lipinski definition) is 3. The normalized spacial score (nSPS) is 10.8. The lowest BCUT2D eigenvalue weighted by molar-refractivity contribution is 0.463. The molecule has 0 aliphatic heterocycles. The van der Waals surface area contributed by atoms with Crippen molar-refractivity contribution in [2.45, 2.75) is 6.92 Å². The van der Waals surface area contributed by atoms with Gasteiger partial charge in [-0.2, -0.15) is 0 Å². The van der Waals surface area contributed by atoms with E-state index in [0.717, 1.165) is 5.56 Å². The average Bonchev–Trinajstić information content (AvgIpc) is 2.35. The number of rotatable bonds is 0. The standard InChI is InChI=1S/C9H8O3/c1-5-2-6-8(11)4-12-9(6)3-7(5)10/h2-4,10-11H,1H3. The summed E-state index contributed by atoms with van der Waals surface area (Å²) in [5.41, 5.74) is 1.22. The van der Waals surface area contributed by atoms with Gasteiger partial charge in [-0.25, -0.2) is 0 Å². The minimum Gasteiger partial charge on any atom is -0.508 e. The van der Waals surface area contributed by atoms with Crippen molar-refractivity contribution < 1.29 is 14.6 Å². The summed E-state index contributed by atoms with van der Waals surface area (Å²) in [5.74, 6) is 0.282. The maximum Gasteiger partial charge on any atom is 0.161 e. The van der Waals surface area contributed by atoms with Crippen molar-refractivity contribution in [3.8, 4) is 11.5 Å². The Kier molecular flexibility index (Phi) is 1.27. The molecule has 0 unspecified atom stereocenters. The predicted molar refractivity (Wildman–Crippen MR) is 44.3 cm³/mol. The van der Waals surface area contributed by atoms with Crippen LogP contribution in [0.1, 0.15) is 5.56 Å². The van der Waals surface area contributed by atoms with Crippen molar-refractivity contribution in [1.29, 1.82) is 0 Å². The van der Waals surface area contributed by atoms with E-state index in [1.165, 1.54) is 12.3 Å². The molecule has 0 saturated carbocycles. The van der Waals surface area contributed by atoms with Gasteiger partial charge in [0.1, 0.15) is 17.6 Å². The van der Waals surface area contributed by atoms with Crippen LogP contribution < -0.4 is 0 Å². The smallest absolute Gasteiger partial charge is 0.161 e. The van der Waals surface area contributed by atoms with Crippen LogP contribution in [0.4, 0.5) is 0 Å². The molecule has 3 heteroatoms. The molecule has 2 N–H and O–H groups in total. The SMILES string of the molecule is Cc1cc2c(O)coc2cc1O. The molecule has 1 heterocycles. The van der Waals surface area contributed by atoms with E-state index in [-0.39, 0.29) is 11.5 Å². The number of aryl methyl sites for hydroxylation is 1. The second-order valence-corrected chi connectivity index (χ2v) is 2.76. The lowest BCUT2D eigenvalue weighted by atomic mass is 10.1. The molecule has 2 aromatic rings. The van der Waals surface area contributed by atoms with Crippen molar-refractivity contribution in [2.75, 3.05) is 0 Å². The summed E-state index contributed by atoms with van der Waals surface area (Å²) in [4.78, 5) is 0. The van der Waals surface area contributed by atoms with E-state index in [1.54, 1.807) is 13.0 Å². The Morgan fingerprint density at radius 3 is 2.67 bits per heavy atom. The molecular weight excluding hydrogens is 156 g/mol. The molecule has 0 bridgehead atoms. The summed E-state index contributed by atoms with van der Waals surface area (Å²) < 4.78 is 4.97. The van der Waals surface area contributed by atoms with Gasteiger partial charge in [-0.05, 0) is 18.6 Å². The van der Waals surface area contributed by atoms with E-state index in [0.29, 0.717) is 11.0 Å². The van der Waals surface area contributed by atoms with Gasteiger partial charge in [0.2, 0.25) is 0 Å². The highest BCUT2D eigenvalue weighted by molar-refractivity contribution is 5.85. The van der Waals surface area contributed by atoms with Gasteiger partial charge in [-0.3, -0.25) is 0 Å². The summed E-state index contributed by atoms with van der Waals surface area (Å²) in [6, 6.07) is 3.17. The first-order valence-electron chi connectivity index (χ1n) is 3.58. The van der Waals surface area contributed by atoms with E-state index < -0.39 is 0 Å². The van der Waals surface area contributed by atoms with Crippen LogP contribution in [0, 0.1) is 6.92 Å². The summed E-state index contributed by atoms with van der Waals surface area (Å²) in [6.07, 6.45) is 1.25. The number of phenolic OH excluding ortho intramolecular Hbond substituents is 1. The van der Waals surface area contributed by atoms with E-state index in [2.05, 4.69) is 0 Å². The molecule has 0 radical (unpaired) electrons. The third-order valence-electron chi connectivity index (χ3n) is 1.87. The molecule has 2 rings (SSSR count). The zero-order chi connectivity index (χ0) is 8.72. The molecule has 0 amide bonds. The molecule has 0 aliphatic carbocycles. The maximum atomic E-state index is 9.28. The van der Waals surface area contributed by atoms with Gasteiger partial charge < -0.3 is 14.6 Å². The van der Waals surface area contributed by atoms with Gasteiger partial charge in [0.15, 0.2) is 5.75 Å². The van der Waals surface area contributed by atoms with Crippen molar-refractivity contribution >= 4 is 11.0 Å². The molecule has 12 heavy (non-hydrogen) atoms. The molecule has 3 nitrogen and oxygen atoms in total. The van der Waals surface area contributed by atoms with Crippen molar-refractivity contribution in [2.24, 2.45) is 0 Å². The van der Waals surface area contributed by atoms with Crippen LogP contribution in [0.3, 0.4) is 0 Å². The van der Waals surface area contributed by atoms with Gasteiger partial charge in [0.05, 0.1) is 5.39 Å². The number of benzene rings is 1. The average molecular weight is 164 g/mol. The fourth-order valence-electron chi connectivity index (χ4n) is 1.16. The van der Waals surface area contributed by atoms with Crippen LogP contribution in [0.5, 0.6) is 11.5 Å². The molecule has 0 saturated heterocycles. The Balaban J connectivity index is 2.87. The topological polar surface area (TPSA) is 53.6 Å². The van der Waals surface area contributed by atoms with Crippen LogP contribution in [0.15, 0.2) is 22.8 Å². The van der Waals surface area contributed by atoms with Crippen LogP contribution in [-0.4, -0.2) is 10.2 Å². The number of aromatic hydroxyl groups is 2.